The van der Waals surface area contributed by atoms with Crippen LogP contribution in [0, 0.1) is 0 Å². The smallest absolute Gasteiger partial charge is 0.147 e. The summed E-state index contributed by atoms with van der Waals surface area (Å²) in [5.74, 6) is 1.67. The van der Waals surface area contributed by atoms with Crippen LogP contribution in [-0.4, -0.2) is 34.8 Å². The van der Waals surface area contributed by atoms with Crippen molar-refractivity contribution in [2.75, 3.05) is 23.8 Å². The maximum atomic E-state index is 5.72. The third-order valence-corrected chi connectivity index (χ3v) is 3.24. The molecular weight excluding hydrogens is 240 g/mol. The van der Waals surface area contributed by atoms with E-state index in [1.165, 1.54) is 0 Å². The summed E-state index contributed by atoms with van der Waals surface area (Å²) in [6.07, 6.45) is 6.61. The number of hydrogen-bond acceptors (Lipinski definition) is 5. The molecule has 0 spiro atoms. The number of rotatable bonds is 5. The molecule has 19 heavy (non-hydrogen) atoms. The fourth-order valence-corrected chi connectivity index (χ4v) is 2.34. The number of hydrogen-bond donors (Lipinski definition) is 2. The van der Waals surface area contributed by atoms with Crippen molar-refractivity contribution < 1.29 is 4.74 Å². The second-order valence-corrected chi connectivity index (χ2v) is 5.66. The molecule has 0 saturated carbocycles. The fraction of sp³-hybridized carbons (Fsp3) is 0.714. The van der Waals surface area contributed by atoms with Gasteiger partial charge in [-0.25, -0.2) is 4.98 Å². The molecule has 0 aromatic carbocycles. The first-order chi connectivity index (χ1) is 9.09. The van der Waals surface area contributed by atoms with E-state index in [2.05, 4.69) is 41.4 Å². The van der Waals surface area contributed by atoms with E-state index in [4.69, 9.17) is 4.74 Å². The van der Waals surface area contributed by atoms with Crippen molar-refractivity contribution in [2.45, 2.75) is 51.7 Å². The molecule has 2 heterocycles. The molecule has 0 radical (unpaired) electrons. The molecule has 1 aliphatic heterocycles. The van der Waals surface area contributed by atoms with E-state index in [9.17, 15) is 0 Å². The first-order valence-electron chi connectivity index (χ1n) is 7.05. The maximum Gasteiger partial charge on any atom is 0.147 e. The van der Waals surface area contributed by atoms with E-state index in [1.54, 1.807) is 12.4 Å². The lowest BCUT2D eigenvalue weighted by Gasteiger charge is -2.36. The number of anilines is 2. The highest BCUT2D eigenvalue weighted by Crippen LogP contribution is 2.25. The van der Waals surface area contributed by atoms with Crippen LogP contribution >= 0.6 is 0 Å². The molecule has 1 fully saturated rings. The van der Waals surface area contributed by atoms with Crippen molar-refractivity contribution >= 4 is 11.6 Å². The Hall–Kier alpha value is -1.36. The van der Waals surface area contributed by atoms with Crippen molar-refractivity contribution in [1.82, 2.24) is 9.97 Å². The molecule has 2 N–H and O–H groups in total. The number of aromatic nitrogens is 2. The molecule has 1 aromatic heterocycles. The summed E-state index contributed by atoms with van der Waals surface area (Å²) in [5, 5.41) is 6.71. The highest BCUT2D eigenvalue weighted by atomic mass is 16.5. The monoisotopic (exact) mass is 264 g/mol. The maximum absolute atomic E-state index is 5.72. The van der Waals surface area contributed by atoms with Gasteiger partial charge in [-0.1, -0.05) is 6.92 Å². The minimum absolute atomic E-state index is 0.0542. The van der Waals surface area contributed by atoms with Crippen molar-refractivity contribution in [3.05, 3.63) is 12.4 Å². The Labute approximate surface area is 115 Å². The third kappa shape index (κ3) is 4.35. The summed E-state index contributed by atoms with van der Waals surface area (Å²) in [6.45, 7) is 8.11. The van der Waals surface area contributed by atoms with Gasteiger partial charge in [0, 0.05) is 19.2 Å². The van der Waals surface area contributed by atoms with Gasteiger partial charge in [0.2, 0.25) is 0 Å². The summed E-state index contributed by atoms with van der Waals surface area (Å²) in [6, 6.07) is 0.402. The Bertz CT molecular complexity index is 408. The van der Waals surface area contributed by atoms with Crippen LogP contribution < -0.4 is 10.6 Å². The van der Waals surface area contributed by atoms with Crippen molar-refractivity contribution in [1.29, 1.82) is 0 Å². The average molecular weight is 264 g/mol. The Morgan fingerprint density at radius 2 is 2.16 bits per heavy atom. The quantitative estimate of drug-likeness (QED) is 0.856. The predicted octanol–water partition coefficient (Wildman–Crippen LogP) is 2.67. The third-order valence-electron chi connectivity index (χ3n) is 3.24. The molecule has 1 saturated heterocycles. The molecule has 0 amide bonds. The van der Waals surface area contributed by atoms with Gasteiger partial charge in [-0.2, -0.15) is 0 Å². The first-order valence-corrected chi connectivity index (χ1v) is 7.05. The van der Waals surface area contributed by atoms with Gasteiger partial charge < -0.3 is 15.4 Å². The lowest BCUT2D eigenvalue weighted by atomic mass is 9.94. The lowest BCUT2D eigenvalue weighted by Crippen LogP contribution is -2.40. The van der Waals surface area contributed by atoms with Crippen LogP contribution in [0.25, 0.3) is 0 Å². The number of nitrogens with zero attached hydrogens (tertiary/aromatic N) is 2. The summed E-state index contributed by atoms with van der Waals surface area (Å²) < 4.78 is 5.72. The molecule has 2 rings (SSSR count). The molecule has 1 unspecified atom stereocenters. The zero-order chi connectivity index (χ0) is 13.7. The number of nitrogens with one attached hydrogen (secondary N) is 2. The normalized spacial score (nSPS) is 21.9. The fourth-order valence-electron chi connectivity index (χ4n) is 2.34. The molecule has 1 atom stereocenters. The van der Waals surface area contributed by atoms with E-state index < -0.39 is 0 Å². The van der Waals surface area contributed by atoms with Gasteiger partial charge in [0.05, 0.1) is 18.0 Å². The van der Waals surface area contributed by atoms with Gasteiger partial charge in [-0.15, -0.1) is 0 Å². The van der Waals surface area contributed by atoms with Crippen molar-refractivity contribution in [2.24, 2.45) is 0 Å². The molecule has 106 valence electrons. The number of ether oxygens (including phenoxy) is 1. The van der Waals surface area contributed by atoms with Gasteiger partial charge in [0.1, 0.15) is 11.6 Å². The van der Waals surface area contributed by atoms with Crippen molar-refractivity contribution in [3.63, 3.8) is 0 Å². The van der Waals surface area contributed by atoms with Crippen LogP contribution in [-0.2, 0) is 4.74 Å². The largest absolute Gasteiger partial charge is 0.375 e. The van der Waals surface area contributed by atoms with Crippen LogP contribution in [0.5, 0.6) is 0 Å². The van der Waals surface area contributed by atoms with E-state index in [1.807, 2.05) is 0 Å². The zero-order valence-corrected chi connectivity index (χ0v) is 12.1. The van der Waals surface area contributed by atoms with Gasteiger partial charge in [0.25, 0.3) is 0 Å². The summed E-state index contributed by atoms with van der Waals surface area (Å²) in [7, 11) is 0. The Morgan fingerprint density at radius 1 is 1.37 bits per heavy atom. The minimum Gasteiger partial charge on any atom is -0.375 e. The van der Waals surface area contributed by atoms with E-state index in [-0.39, 0.29) is 5.60 Å². The second kappa shape index (κ2) is 6.19. The summed E-state index contributed by atoms with van der Waals surface area (Å²) in [5.41, 5.74) is -0.0542. The molecule has 5 nitrogen and oxygen atoms in total. The highest BCUT2D eigenvalue weighted by molar-refractivity contribution is 5.42. The topological polar surface area (TPSA) is 59.1 Å². The Morgan fingerprint density at radius 3 is 2.89 bits per heavy atom. The molecule has 0 aliphatic carbocycles. The van der Waals surface area contributed by atoms with Crippen LogP contribution in [0.3, 0.4) is 0 Å². The van der Waals surface area contributed by atoms with Crippen LogP contribution in [0.15, 0.2) is 12.4 Å². The van der Waals surface area contributed by atoms with Gasteiger partial charge in [-0.05, 0) is 33.1 Å². The van der Waals surface area contributed by atoms with E-state index in [0.29, 0.717) is 6.04 Å². The molecule has 1 aliphatic rings. The molecule has 5 heteroatoms. The van der Waals surface area contributed by atoms with Gasteiger partial charge in [-0.3, -0.25) is 4.98 Å². The van der Waals surface area contributed by atoms with Gasteiger partial charge in [0.15, 0.2) is 0 Å². The second-order valence-electron chi connectivity index (χ2n) is 5.66. The van der Waals surface area contributed by atoms with Gasteiger partial charge >= 0.3 is 0 Å². The highest BCUT2D eigenvalue weighted by Gasteiger charge is 2.28. The van der Waals surface area contributed by atoms with Crippen LogP contribution in [0.4, 0.5) is 11.6 Å². The van der Waals surface area contributed by atoms with Crippen LogP contribution in [0.2, 0.25) is 0 Å². The molecular formula is C14H24N4O. The molecule has 1 aromatic rings. The minimum atomic E-state index is -0.0542. The average Bonchev–Trinajstić information content (AvgIpc) is 2.35. The summed E-state index contributed by atoms with van der Waals surface area (Å²) >= 11 is 0. The zero-order valence-electron chi connectivity index (χ0n) is 12.1. The summed E-state index contributed by atoms with van der Waals surface area (Å²) in [4.78, 5) is 8.75. The standard InChI is InChI=1S/C14H24N4O/c1-4-6-16-12-9-15-10-13(18-12)17-11-5-7-19-14(2,3)8-11/h9-11H,4-8H2,1-3H3,(H2,16,17,18). The SMILES string of the molecule is CCCNc1cncc(NC2CCOC(C)(C)C2)n1. The van der Waals surface area contributed by atoms with Crippen LogP contribution in [0.1, 0.15) is 40.0 Å². The van der Waals surface area contributed by atoms with E-state index >= 15 is 0 Å². The molecule has 0 bridgehead atoms. The lowest BCUT2D eigenvalue weighted by molar-refractivity contribution is -0.0553. The Kier molecular flexibility index (Phi) is 4.58. The predicted molar refractivity (Wildman–Crippen MR) is 77.5 cm³/mol. The van der Waals surface area contributed by atoms with E-state index in [0.717, 1.165) is 44.0 Å². The Balaban J connectivity index is 1.94. The van der Waals surface area contributed by atoms with Crippen molar-refractivity contribution in [3.8, 4) is 0 Å². The first kappa shape index (κ1) is 14.1.